The van der Waals surface area contributed by atoms with Crippen LogP contribution in [0.1, 0.15) is 65.7 Å². The maximum Gasteiger partial charge on any atom is 0.239 e. The molecule has 1 aliphatic carbocycles. The summed E-state index contributed by atoms with van der Waals surface area (Å²) in [4.78, 5) is 12.2. The van der Waals surface area contributed by atoms with Crippen LogP contribution in [-0.4, -0.2) is 31.2 Å². The van der Waals surface area contributed by atoms with Gasteiger partial charge in [0.15, 0.2) is 0 Å². The molecule has 0 heterocycles. The Morgan fingerprint density at radius 3 is 2.55 bits per heavy atom. The Hall–Kier alpha value is -0.610. The van der Waals surface area contributed by atoms with E-state index in [1.165, 1.54) is 25.7 Å². The van der Waals surface area contributed by atoms with Gasteiger partial charge < -0.3 is 15.8 Å². The van der Waals surface area contributed by atoms with E-state index in [-0.39, 0.29) is 11.3 Å². The summed E-state index contributed by atoms with van der Waals surface area (Å²) in [6, 6.07) is 0. The second-order valence-corrected chi connectivity index (χ2v) is 6.50. The van der Waals surface area contributed by atoms with E-state index in [1.54, 1.807) is 0 Å². The topological polar surface area (TPSA) is 64.4 Å². The molecule has 1 rings (SSSR count). The van der Waals surface area contributed by atoms with Gasteiger partial charge in [0, 0.05) is 19.8 Å². The lowest BCUT2D eigenvalue weighted by Crippen LogP contribution is -2.53. The van der Waals surface area contributed by atoms with Crippen molar-refractivity contribution in [3.05, 3.63) is 0 Å². The minimum Gasteiger partial charge on any atom is -0.382 e. The Labute approximate surface area is 123 Å². The molecule has 0 aromatic carbocycles. The molecule has 1 fully saturated rings. The molecule has 20 heavy (non-hydrogen) atoms. The minimum absolute atomic E-state index is 0.0120. The van der Waals surface area contributed by atoms with E-state index in [1.807, 2.05) is 13.8 Å². The zero-order valence-corrected chi connectivity index (χ0v) is 13.5. The summed E-state index contributed by atoms with van der Waals surface area (Å²) < 4.78 is 5.50. The van der Waals surface area contributed by atoms with Gasteiger partial charge in [0.2, 0.25) is 5.91 Å². The smallest absolute Gasteiger partial charge is 0.239 e. The summed E-state index contributed by atoms with van der Waals surface area (Å²) in [5.41, 5.74) is 5.57. The van der Waals surface area contributed by atoms with Gasteiger partial charge in [0.1, 0.15) is 0 Å². The maximum absolute atomic E-state index is 12.2. The van der Waals surface area contributed by atoms with Gasteiger partial charge >= 0.3 is 0 Å². The molecule has 0 saturated heterocycles. The number of nitrogens with one attached hydrogen (secondary N) is 1. The lowest BCUT2D eigenvalue weighted by atomic mass is 9.82. The van der Waals surface area contributed by atoms with Crippen molar-refractivity contribution in [1.29, 1.82) is 0 Å². The van der Waals surface area contributed by atoms with E-state index in [0.717, 1.165) is 39.0 Å². The van der Waals surface area contributed by atoms with Crippen LogP contribution in [0.25, 0.3) is 0 Å². The number of hydrogen-bond acceptors (Lipinski definition) is 3. The molecule has 0 aromatic heterocycles. The lowest BCUT2D eigenvalue weighted by Gasteiger charge is -2.31. The van der Waals surface area contributed by atoms with E-state index >= 15 is 0 Å². The highest BCUT2D eigenvalue weighted by Gasteiger charge is 2.35. The predicted octanol–water partition coefficient (Wildman–Crippen LogP) is 2.61. The SMILES string of the molecule is CCCC(C)(N)C(=O)NCC1(CCOCC)CCCC1. The van der Waals surface area contributed by atoms with Crippen LogP contribution in [0.3, 0.4) is 0 Å². The van der Waals surface area contributed by atoms with Crippen molar-refractivity contribution < 1.29 is 9.53 Å². The molecule has 118 valence electrons. The third-order valence-electron chi connectivity index (χ3n) is 4.56. The van der Waals surface area contributed by atoms with E-state index in [2.05, 4.69) is 12.2 Å². The van der Waals surface area contributed by atoms with Gasteiger partial charge in [-0.1, -0.05) is 26.2 Å². The summed E-state index contributed by atoms with van der Waals surface area (Å²) in [7, 11) is 0. The minimum atomic E-state index is -0.742. The summed E-state index contributed by atoms with van der Waals surface area (Å²) in [6.07, 6.45) is 7.59. The first-order valence-corrected chi connectivity index (χ1v) is 8.11. The molecule has 0 spiro atoms. The van der Waals surface area contributed by atoms with Crippen LogP contribution >= 0.6 is 0 Å². The van der Waals surface area contributed by atoms with Crippen LogP contribution in [0, 0.1) is 5.41 Å². The van der Waals surface area contributed by atoms with Gasteiger partial charge in [-0.2, -0.15) is 0 Å². The standard InChI is InChI=1S/C16H32N2O2/c1-4-8-15(3,17)14(19)18-13-16(9-6-7-10-16)11-12-20-5-2/h4-13,17H2,1-3H3,(H,18,19). The first-order chi connectivity index (χ1) is 9.46. The van der Waals surface area contributed by atoms with E-state index in [0.29, 0.717) is 0 Å². The van der Waals surface area contributed by atoms with Crippen molar-refractivity contribution in [2.45, 2.75) is 71.3 Å². The molecule has 4 nitrogen and oxygen atoms in total. The Kier molecular flexibility index (Phi) is 6.96. The largest absolute Gasteiger partial charge is 0.382 e. The molecule has 0 aromatic rings. The quantitative estimate of drug-likeness (QED) is 0.640. The summed E-state index contributed by atoms with van der Waals surface area (Å²) in [5.74, 6) is -0.0120. The molecule has 1 unspecified atom stereocenters. The highest BCUT2D eigenvalue weighted by Crippen LogP contribution is 2.40. The van der Waals surface area contributed by atoms with E-state index < -0.39 is 5.54 Å². The Balaban J connectivity index is 2.48. The van der Waals surface area contributed by atoms with Crippen LogP contribution in [0.2, 0.25) is 0 Å². The summed E-state index contributed by atoms with van der Waals surface area (Å²) in [5, 5.41) is 3.10. The molecule has 0 bridgehead atoms. The van der Waals surface area contributed by atoms with Gasteiger partial charge in [0.25, 0.3) is 0 Å². The van der Waals surface area contributed by atoms with Crippen molar-refractivity contribution in [1.82, 2.24) is 5.32 Å². The third kappa shape index (κ3) is 5.06. The van der Waals surface area contributed by atoms with Gasteiger partial charge in [-0.15, -0.1) is 0 Å². The van der Waals surface area contributed by atoms with E-state index in [4.69, 9.17) is 10.5 Å². The first-order valence-electron chi connectivity index (χ1n) is 8.11. The number of nitrogens with two attached hydrogens (primary N) is 1. The number of rotatable bonds is 9. The Morgan fingerprint density at radius 2 is 2.00 bits per heavy atom. The van der Waals surface area contributed by atoms with Crippen molar-refractivity contribution in [2.75, 3.05) is 19.8 Å². The van der Waals surface area contributed by atoms with Gasteiger partial charge in [-0.05, 0) is 44.9 Å². The van der Waals surface area contributed by atoms with Crippen LogP contribution in [0.15, 0.2) is 0 Å². The van der Waals surface area contributed by atoms with Gasteiger partial charge in [0.05, 0.1) is 5.54 Å². The molecular weight excluding hydrogens is 252 g/mol. The molecule has 4 heteroatoms. The van der Waals surface area contributed by atoms with Crippen LogP contribution < -0.4 is 11.1 Å². The highest BCUT2D eigenvalue weighted by molar-refractivity contribution is 5.85. The fourth-order valence-electron chi connectivity index (χ4n) is 3.18. The number of hydrogen-bond donors (Lipinski definition) is 2. The van der Waals surface area contributed by atoms with Crippen molar-refractivity contribution in [3.8, 4) is 0 Å². The fourth-order valence-corrected chi connectivity index (χ4v) is 3.18. The fraction of sp³-hybridized carbons (Fsp3) is 0.938. The summed E-state index contributed by atoms with van der Waals surface area (Å²) in [6.45, 7) is 8.20. The van der Waals surface area contributed by atoms with Crippen molar-refractivity contribution >= 4 is 5.91 Å². The van der Waals surface area contributed by atoms with Crippen LogP contribution in [-0.2, 0) is 9.53 Å². The van der Waals surface area contributed by atoms with Crippen LogP contribution in [0.4, 0.5) is 0 Å². The third-order valence-corrected chi connectivity index (χ3v) is 4.56. The van der Waals surface area contributed by atoms with Crippen LogP contribution in [0.5, 0.6) is 0 Å². The van der Waals surface area contributed by atoms with Crippen molar-refractivity contribution in [3.63, 3.8) is 0 Å². The number of carbonyl (C=O) groups excluding carboxylic acids is 1. The number of carbonyl (C=O) groups is 1. The number of amides is 1. The second-order valence-electron chi connectivity index (χ2n) is 6.50. The average Bonchev–Trinajstić information content (AvgIpc) is 2.85. The zero-order chi connectivity index (χ0) is 15.1. The molecule has 3 N–H and O–H groups in total. The highest BCUT2D eigenvalue weighted by atomic mass is 16.5. The van der Waals surface area contributed by atoms with Gasteiger partial charge in [-0.3, -0.25) is 4.79 Å². The molecule has 1 aliphatic rings. The van der Waals surface area contributed by atoms with E-state index in [9.17, 15) is 4.79 Å². The first kappa shape index (κ1) is 17.4. The Morgan fingerprint density at radius 1 is 1.35 bits per heavy atom. The van der Waals surface area contributed by atoms with Gasteiger partial charge in [-0.25, -0.2) is 0 Å². The maximum atomic E-state index is 12.2. The molecule has 0 radical (unpaired) electrons. The van der Waals surface area contributed by atoms with Crippen molar-refractivity contribution in [2.24, 2.45) is 11.1 Å². The molecule has 1 amide bonds. The monoisotopic (exact) mass is 284 g/mol. The zero-order valence-electron chi connectivity index (χ0n) is 13.5. The second kappa shape index (κ2) is 7.99. The molecule has 1 atom stereocenters. The molecular formula is C16H32N2O2. The number of ether oxygens (including phenoxy) is 1. The molecule has 1 saturated carbocycles. The average molecular weight is 284 g/mol. The predicted molar refractivity (Wildman–Crippen MR) is 82.5 cm³/mol. The normalized spacial score (nSPS) is 20.6. The lowest BCUT2D eigenvalue weighted by molar-refractivity contribution is -0.126. The summed E-state index contributed by atoms with van der Waals surface area (Å²) >= 11 is 0. The Bertz CT molecular complexity index is 297. The molecule has 0 aliphatic heterocycles.